The first kappa shape index (κ1) is 31.4. The van der Waals surface area contributed by atoms with Crippen molar-refractivity contribution in [2.75, 3.05) is 39.3 Å². The van der Waals surface area contributed by atoms with Gasteiger partial charge in [0, 0.05) is 56.3 Å². The molecule has 6 nitrogen and oxygen atoms in total. The van der Waals surface area contributed by atoms with Gasteiger partial charge in [-0.25, -0.2) is 9.18 Å². The first-order chi connectivity index (χ1) is 20.0. The Kier molecular flexibility index (Phi) is 10.2. The van der Waals surface area contributed by atoms with E-state index in [1.54, 1.807) is 47.9 Å². The van der Waals surface area contributed by atoms with E-state index in [4.69, 9.17) is 0 Å². The summed E-state index contributed by atoms with van der Waals surface area (Å²) in [6, 6.07) is 20.7. The van der Waals surface area contributed by atoms with Gasteiger partial charge in [0.25, 0.3) is 0 Å². The van der Waals surface area contributed by atoms with Crippen LogP contribution in [0, 0.1) is 5.82 Å². The van der Waals surface area contributed by atoms with Gasteiger partial charge in [-0.2, -0.15) is 13.2 Å². The highest BCUT2D eigenvalue weighted by molar-refractivity contribution is 8.00. The largest absolute Gasteiger partial charge is 0.425 e. The third-order valence-electron chi connectivity index (χ3n) is 7.32. The minimum absolute atomic E-state index is 0.0685. The van der Waals surface area contributed by atoms with Gasteiger partial charge in [0.15, 0.2) is 0 Å². The molecule has 224 valence electrons. The summed E-state index contributed by atoms with van der Waals surface area (Å²) in [6.45, 7) is 5.47. The molecule has 0 bridgehead atoms. The van der Waals surface area contributed by atoms with Crippen molar-refractivity contribution in [3.63, 3.8) is 0 Å². The molecule has 2 fully saturated rings. The van der Waals surface area contributed by atoms with E-state index >= 15 is 0 Å². The van der Waals surface area contributed by atoms with Crippen LogP contribution in [0.4, 0.5) is 22.4 Å². The number of hydrogen-bond donors (Lipinski definition) is 1. The van der Waals surface area contributed by atoms with Gasteiger partial charge in [-0.1, -0.05) is 60.7 Å². The smallest absolute Gasteiger partial charge is 0.372 e. The van der Waals surface area contributed by atoms with Crippen molar-refractivity contribution in [2.24, 2.45) is 0 Å². The Bertz CT molecular complexity index is 1280. The summed E-state index contributed by atoms with van der Waals surface area (Å²) in [5, 5.41) is 10.5. The van der Waals surface area contributed by atoms with Crippen molar-refractivity contribution in [1.82, 2.24) is 14.7 Å². The lowest BCUT2D eigenvalue weighted by Gasteiger charge is -2.36. The van der Waals surface area contributed by atoms with Crippen LogP contribution in [0.5, 0.6) is 0 Å². The molecule has 3 aromatic rings. The lowest BCUT2D eigenvalue weighted by atomic mass is 9.86. The number of likely N-dealkylation sites (tertiary alicyclic amines) is 1. The van der Waals surface area contributed by atoms with Crippen molar-refractivity contribution in [2.45, 2.75) is 35.3 Å². The number of urea groups is 1. The van der Waals surface area contributed by atoms with E-state index in [-0.39, 0.29) is 28.9 Å². The molecule has 3 amide bonds. The van der Waals surface area contributed by atoms with Crippen LogP contribution in [-0.4, -0.2) is 82.4 Å². The summed E-state index contributed by atoms with van der Waals surface area (Å²) in [5.41, 5.74) is -3.36. The van der Waals surface area contributed by atoms with Crippen LogP contribution in [0.15, 0.2) is 89.8 Å². The molecule has 2 saturated heterocycles. The highest BCUT2D eigenvalue weighted by Gasteiger charge is 2.56. The lowest BCUT2D eigenvalue weighted by Crippen LogP contribution is -2.53. The average Bonchev–Trinajstić information content (AvgIpc) is 3.46. The van der Waals surface area contributed by atoms with E-state index in [0.29, 0.717) is 38.0 Å². The van der Waals surface area contributed by atoms with Gasteiger partial charge >= 0.3 is 12.2 Å². The highest BCUT2D eigenvalue weighted by Crippen LogP contribution is 2.43. The second-order valence-corrected chi connectivity index (χ2v) is 11.5. The second-order valence-electron chi connectivity index (χ2n) is 10.1. The second kappa shape index (κ2) is 13.6. The molecule has 42 heavy (non-hydrogen) atoms. The molecular formula is C31H33F4N3O3S. The molecule has 5 rings (SSSR count). The molecule has 1 N–H and O–H groups in total. The van der Waals surface area contributed by atoms with E-state index in [1.807, 2.05) is 9.80 Å². The maximum absolute atomic E-state index is 13.2. The number of rotatable bonds is 4. The summed E-state index contributed by atoms with van der Waals surface area (Å²) < 4.78 is 52.6. The molecule has 11 heteroatoms. The Morgan fingerprint density at radius 3 is 1.74 bits per heavy atom. The number of carbonyl (C=O) groups is 2. The van der Waals surface area contributed by atoms with Crippen molar-refractivity contribution < 1.29 is 32.3 Å². The fraction of sp³-hybridized carbons (Fsp3) is 0.355. The topological polar surface area (TPSA) is 64.1 Å². The molecule has 3 aromatic carbocycles. The molecule has 1 atom stereocenters. The SMILES string of the molecule is CC(=O)N1CCN(C(=O)N2CCC(Sc3ccc(F)cc3)C2)CC1.OC(c1ccccc1)(c1ccccc1)C(F)(F)F. The Labute approximate surface area is 246 Å². The predicted octanol–water partition coefficient (Wildman–Crippen LogP) is 5.76. The maximum atomic E-state index is 13.2. The van der Waals surface area contributed by atoms with E-state index < -0.39 is 11.8 Å². The molecule has 2 heterocycles. The van der Waals surface area contributed by atoms with Gasteiger partial charge in [-0.3, -0.25) is 4.79 Å². The molecule has 1 unspecified atom stereocenters. The molecule has 0 aliphatic carbocycles. The minimum atomic E-state index is -4.78. The van der Waals surface area contributed by atoms with E-state index in [9.17, 15) is 32.3 Å². The number of aliphatic hydroxyl groups is 1. The number of halogens is 4. The van der Waals surface area contributed by atoms with Gasteiger partial charge in [0.05, 0.1) is 0 Å². The fourth-order valence-corrected chi connectivity index (χ4v) is 6.12. The van der Waals surface area contributed by atoms with Crippen molar-refractivity contribution in [3.05, 3.63) is 102 Å². The van der Waals surface area contributed by atoms with E-state index in [1.165, 1.54) is 60.7 Å². The molecule has 0 aromatic heterocycles. The summed E-state index contributed by atoms with van der Waals surface area (Å²) in [7, 11) is 0. The van der Waals surface area contributed by atoms with Crippen LogP contribution >= 0.6 is 11.8 Å². The third-order valence-corrected chi connectivity index (χ3v) is 8.58. The number of amides is 3. The number of nitrogens with zero attached hydrogens (tertiary/aromatic N) is 3. The van der Waals surface area contributed by atoms with Crippen molar-refractivity contribution >= 4 is 23.7 Å². The van der Waals surface area contributed by atoms with Crippen LogP contribution in [0.3, 0.4) is 0 Å². The molecule has 2 aliphatic heterocycles. The summed E-state index contributed by atoms with van der Waals surface area (Å²) in [6.07, 6.45) is -3.84. The zero-order chi connectivity index (χ0) is 30.3. The lowest BCUT2D eigenvalue weighted by molar-refractivity contribution is -0.248. The van der Waals surface area contributed by atoms with Crippen LogP contribution in [0.2, 0.25) is 0 Å². The molecular weight excluding hydrogens is 570 g/mol. The summed E-state index contributed by atoms with van der Waals surface area (Å²) in [5.74, 6) is -0.161. The molecule has 0 spiro atoms. The number of thioether (sulfide) groups is 1. The van der Waals surface area contributed by atoms with Crippen molar-refractivity contribution in [3.8, 4) is 0 Å². The average molecular weight is 604 g/mol. The number of hydrogen-bond acceptors (Lipinski definition) is 4. The van der Waals surface area contributed by atoms with Gasteiger partial charge in [-0.05, 0) is 41.8 Å². The minimum Gasteiger partial charge on any atom is -0.372 e. The predicted molar refractivity (Wildman–Crippen MR) is 153 cm³/mol. The number of carbonyl (C=O) groups excluding carboxylic acids is 2. The molecule has 0 radical (unpaired) electrons. The quantitative estimate of drug-likeness (QED) is 0.386. The fourth-order valence-electron chi connectivity index (χ4n) is 4.97. The Morgan fingerprint density at radius 1 is 0.762 bits per heavy atom. The number of alkyl halides is 3. The van der Waals surface area contributed by atoms with Crippen LogP contribution < -0.4 is 0 Å². The highest BCUT2D eigenvalue weighted by atomic mass is 32.2. The number of piperazine rings is 1. The van der Waals surface area contributed by atoms with Crippen LogP contribution in [0.1, 0.15) is 24.5 Å². The normalized spacial score (nSPS) is 17.5. The first-order valence-electron chi connectivity index (χ1n) is 13.6. The van der Waals surface area contributed by atoms with Gasteiger partial charge in [0.2, 0.25) is 11.5 Å². The van der Waals surface area contributed by atoms with Gasteiger partial charge in [0.1, 0.15) is 5.82 Å². The van der Waals surface area contributed by atoms with E-state index in [2.05, 4.69) is 0 Å². The first-order valence-corrected chi connectivity index (χ1v) is 14.5. The molecule has 0 saturated carbocycles. The maximum Gasteiger partial charge on any atom is 0.425 e. The zero-order valence-electron chi connectivity index (χ0n) is 23.1. The summed E-state index contributed by atoms with van der Waals surface area (Å²) >= 11 is 1.70. The van der Waals surface area contributed by atoms with Gasteiger partial charge < -0.3 is 19.8 Å². The molecule has 2 aliphatic rings. The number of benzene rings is 3. The third kappa shape index (κ3) is 7.43. The standard InChI is InChI=1S/C17H22FN3O2S.C14H11F3O/c1-13(22)19-8-10-20(11-9-19)17(23)21-7-6-16(12-21)24-15-4-2-14(18)3-5-15;15-14(16,17)13(18,11-7-3-1-4-8-11)12-9-5-2-6-10-12/h2-5,16H,6-12H2,1H3;1-10,18H. The Hall–Kier alpha value is -3.57. The monoisotopic (exact) mass is 603 g/mol. The van der Waals surface area contributed by atoms with Crippen LogP contribution in [0.25, 0.3) is 0 Å². The Balaban J connectivity index is 0.000000201. The van der Waals surface area contributed by atoms with Crippen molar-refractivity contribution in [1.29, 1.82) is 0 Å². The Morgan fingerprint density at radius 2 is 1.26 bits per heavy atom. The van der Waals surface area contributed by atoms with Gasteiger partial charge in [-0.15, -0.1) is 11.8 Å². The zero-order valence-corrected chi connectivity index (χ0v) is 24.0. The van der Waals surface area contributed by atoms with Crippen LogP contribution in [-0.2, 0) is 10.4 Å². The van der Waals surface area contributed by atoms with E-state index in [0.717, 1.165) is 17.9 Å². The summed E-state index contributed by atoms with van der Waals surface area (Å²) in [4.78, 5) is 30.5.